The molecule has 0 amide bonds. The van der Waals surface area contributed by atoms with Crippen LogP contribution in [0.3, 0.4) is 0 Å². The van der Waals surface area contributed by atoms with E-state index >= 15 is 0 Å². The Labute approximate surface area is 81.2 Å². The van der Waals surface area contributed by atoms with Crippen LogP contribution >= 0.6 is 0 Å². The SMILES string of the molecule is C=CC1CC(C)(C)N(O)C(C)(C)C1. The summed E-state index contributed by atoms with van der Waals surface area (Å²) in [6, 6.07) is 0. The van der Waals surface area contributed by atoms with Gasteiger partial charge in [0.25, 0.3) is 0 Å². The largest absolute Gasteiger partial charge is 0.313 e. The van der Waals surface area contributed by atoms with Gasteiger partial charge in [-0.2, -0.15) is 5.06 Å². The van der Waals surface area contributed by atoms with E-state index in [1.807, 2.05) is 6.08 Å². The summed E-state index contributed by atoms with van der Waals surface area (Å²) in [5.41, 5.74) is -0.277. The average Bonchev–Trinajstić information content (AvgIpc) is 1.99. The maximum absolute atomic E-state index is 9.98. The Bertz CT molecular complexity index is 190. The zero-order valence-electron chi connectivity index (χ0n) is 9.17. The Kier molecular flexibility index (Phi) is 2.56. The molecule has 1 fully saturated rings. The van der Waals surface area contributed by atoms with E-state index in [0.717, 1.165) is 12.8 Å². The molecule has 0 aliphatic carbocycles. The maximum atomic E-state index is 9.98. The molecule has 76 valence electrons. The molecule has 0 atom stereocenters. The highest BCUT2D eigenvalue weighted by molar-refractivity contribution is 5.00. The van der Waals surface area contributed by atoms with Crippen LogP contribution in [-0.4, -0.2) is 21.3 Å². The molecule has 1 aliphatic heterocycles. The first-order chi connectivity index (χ1) is 5.79. The highest BCUT2D eigenvalue weighted by Crippen LogP contribution is 2.40. The predicted molar refractivity (Wildman–Crippen MR) is 54.7 cm³/mol. The van der Waals surface area contributed by atoms with Gasteiger partial charge in [0.05, 0.1) is 0 Å². The van der Waals surface area contributed by atoms with E-state index in [1.165, 1.54) is 5.06 Å². The lowest BCUT2D eigenvalue weighted by Crippen LogP contribution is -2.58. The third-order valence-electron chi connectivity index (χ3n) is 3.00. The summed E-state index contributed by atoms with van der Waals surface area (Å²) < 4.78 is 0. The number of hydroxylamine groups is 2. The van der Waals surface area contributed by atoms with E-state index in [0.29, 0.717) is 5.92 Å². The molecular formula is C11H21NO. The highest BCUT2D eigenvalue weighted by atomic mass is 16.5. The molecule has 0 aromatic heterocycles. The van der Waals surface area contributed by atoms with Crippen LogP contribution in [-0.2, 0) is 0 Å². The smallest absolute Gasteiger partial charge is 0.0416 e. The molecule has 2 heteroatoms. The highest BCUT2D eigenvalue weighted by Gasteiger charge is 2.43. The van der Waals surface area contributed by atoms with Crippen LogP contribution in [0.15, 0.2) is 12.7 Å². The van der Waals surface area contributed by atoms with E-state index in [2.05, 4.69) is 34.3 Å². The first-order valence-electron chi connectivity index (χ1n) is 4.91. The van der Waals surface area contributed by atoms with E-state index in [9.17, 15) is 5.21 Å². The summed E-state index contributed by atoms with van der Waals surface area (Å²) in [4.78, 5) is 0. The fraction of sp³-hybridized carbons (Fsp3) is 0.818. The van der Waals surface area contributed by atoms with Crippen molar-refractivity contribution in [2.45, 2.75) is 51.6 Å². The number of piperidine rings is 1. The minimum Gasteiger partial charge on any atom is -0.313 e. The van der Waals surface area contributed by atoms with Crippen molar-refractivity contribution in [2.24, 2.45) is 5.92 Å². The van der Waals surface area contributed by atoms with Crippen LogP contribution in [0, 0.1) is 5.92 Å². The van der Waals surface area contributed by atoms with Gasteiger partial charge in [0.15, 0.2) is 0 Å². The first kappa shape index (κ1) is 10.7. The summed E-state index contributed by atoms with van der Waals surface area (Å²) in [6.45, 7) is 12.1. The molecule has 1 heterocycles. The van der Waals surface area contributed by atoms with Crippen molar-refractivity contribution in [3.05, 3.63) is 12.7 Å². The second kappa shape index (κ2) is 3.10. The van der Waals surface area contributed by atoms with Crippen molar-refractivity contribution >= 4 is 0 Å². The quantitative estimate of drug-likeness (QED) is 0.632. The number of nitrogens with zero attached hydrogens (tertiary/aromatic N) is 1. The normalized spacial score (nSPS) is 28.7. The first-order valence-corrected chi connectivity index (χ1v) is 4.91. The third-order valence-corrected chi connectivity index (χ3v) is 3.00. The lowest BCUT2D eigenvalue weighted by Gasteiger charge is -2.51. The second-order valence-electron chi connectivity index (χ2n) is 5.34. The fourth-order valence-corrected chi connectivity index (χ4v) is 2.51. The summed E-state index contributed by atoms with van der Waals surface area (Å²) in [6.07, 6.45) is 3.98. The molecule has 1 rings (SSSR count). The summed E-state index contributed by atoms with van der Waals surface area (Å²) >= 11 is 0. The van der Waals surface area contributed by atoms with Gasteiger partial charge in [0.2, 0.25) is 0 Å². The number of allylic oxidation sites excluding steroid dienone is 1. The molecule has 1 N–H and O–H groups in total. The maximum Gasteiger partial charge on any atom is 0.0416 e. The number of hydrogen-bond donors (Lipinski definition) is 1. The Morgan fingerprint density at radius 3 is 1.92 bits per heavy atom. The van der Waals surface area contributed by atoms with Gasteiger partial charge in [0.1, 0.15) is 0 Å². The van der Waals surface area contributed by atoms with Crippen LogP contribution in [0.1, 0.15) is 40.5 Å². The Morgan fingerprint density at radius 2 is 1.62 bits per heavy atom. The van der Waals surface area contributed by atoms with Crippen LogP contribution in [0.2, 0.25) is 0 Å². The van der Waals surface area contributed by atoms with Gasteiger partial charge in [-0.1, -0.05) is 6.08 Å². The summed E-state index contributed by atoms with van der Waals surface area (Å²) in [5, 5.41) is 11.5. The molecule has 1 saturated heterocycles. The fourth-order valence-electron chi connectivity index (χ4n) is 2.51. The molecule has 0 spiro atoms. The Balaban J connectivity index is 2.88. The molecule has 0 aromatic carbocycles. The predicted octanol–water partition coefficient (Wildman–Crippen LogP) is 2.83. The zero-order valence-corrected chi connectivity index (χ0v) is 9.17. The van der Waals surface area contributed by atoms with Crippen molar-refractivity contribution < 1.29 is 5.21 Å². The molecule has 0 bridgehead atoms. The van der Waals surface area contributed by atoms with Gasteiger partial charge >= 0.3 is 0 Å². The Morgan fingerprint density at radius 1 is 1.23 bits per heavy atom. The van der Waals surface area contributed by atoms with E-state index in [1.54, 1.807) is 0 Å². The third kappa shape index (κ3) is 1.94. The van der Waals surface area contributed by atoms with Gasteiger partial charge in [-0.15, -0.1) is 6.58 Å². The Hall–Kier alpha value is -0.340. The summed E-state index contributed by atoms with van der Waals surface area (Å²) in [7, 11) is 0. The van der Waals surface area contributed by atoms with Gasteiger partial charge < -0.3 is 5.21 Å². The minimum absolute atomic E-state index is 0.138. The van der Waals surface area contributed by atoms with E-state index in [4.69, 9.17) is 0 Å². The topological polar surface area (TPSA) is 23.5 Å². The molecule has 13 heavy (non-hydrogen) atoms. The van der Waals surface area contributed by atoms with Crippen LogP contribution in [0.4, 0.5) is 0 Å². The van der Waals surface area contributed by atoms with Gasteiger partial charge in [-0.05, 0) is 46.5 Å². The molecular weight excluding hydrogens is 162 g/mol. The van der Waals surface area contributed by atoms with Gasteiger partial charge in [0, 0.05) is 11.1 Å². The minimum atomic E-state index is -0.138. The van der Waals surface area contributed by atoms with E-state index < -0.39 is 0 Å². The molecule has 0 aromatic rings. The lowest BCUT2D eigenvalue weighted by molar-refractivity contribution is -0.247. The molecule has 0 saturated carbocycles. The van der Waals surface area contributed by atoms with Crippen molar-refractivity contribution in [3.63, 3.8) is 0 Å². The van der Waals surface area contributed by atoms with E-state index in [-0.39, 0.29) is 11.1 Å². The molecule has 1 aliphatic rings. The standard InChI is InChI=1S/C11H21NO/c1-6-9-7-10(2,3)12(13)11(4,5)8-9/h6,9,13H,1,7-8H2,2-5H3. The molecule has 0 unspecified atom stereocenters. The van der Waals surface area contributed by atoms with Crippen LogP contribution in [0.25, 0.3) is 0 Å². The second-order valence-corrected chi connectivity index (χ2v) is 5.34. The summed E-state index contributed by atoms with van der Waals surface area (Å²) in [5.74, 6) is 0.522. The molecule has 0 radical (unpaired) electrons. The van der Waals surface area contributed by atoms with Gasteiger partial charge in [-0.3, -0.25) is 0 Å². The van der Waals surface area contributed by atoms with Gasteiger partial charge in [-0.25, -0.2) is 0 Å². The average molecular weight is 183 g/mol. The van der Waals surface area contributed by atoms with Crippen molar-refractivity contribution in [1.82, 2.24) is 5.06 Å². The van der Waals surface area contributed by atoms with Crippen molar-refractivity contribution in [2.75, 3.05) is 0 Å². The van der Waals surface area contributed by atoms with Crippen molar-refractivity contribution in [3.8, 4) is 0 Å². The van der Waals surface area contributed by atoms with Crippen molar-refractivity contribution in [1.29, 1.82) is 0 Å². The lowest BCUT2D eigenvalue weighted by atomic mass is 9.75. The van der Waals surface area contributed by atoms with Crippen LogP contribution in [0.5, 0.6) is 0 Å². The molecule has 2 nitrogen and oxygen atoms in total. The zero-order chi connectivity index (χ0) is 10.3. The van der Waals surface area contributed by atoms with Crippen LogP contribution < -0.4 is 0 Å². The number of hydrogen-bond acceptors (Lipinski definition) is 2. The number of rotatable bonds is 1. The monoisotopic (exact) mass is 183 g/mol.